The van der Waals surface area contributed by atoms with Crippen molar-refractivity contribution >= 4 is 23.4 Å². The van der Waals surface area contributed by atoms with Crippen LogP contribution in [-0.2, 0) is 6.42 Å². The van der Waals surface area contributed by atoms with Gasteiger partial charge in [-0.1, -0.05) is 48.0 Å². The first kappa shape index (κ1) is 14.4. The minimum atomic E-state index is 0.464. The van der Waals surface area contributed by atoms with E-state index in [-0.39, 0.29) is 0 Å². The minimum Gasteiger partial charge on any atom is -0.316 e. The molecule has 0 bridgehead atoms. The molecule has 0 radical (unpaired) electrons. The Morgan fingerprint density at radius 2 is 1.89 bits per heavy atom. The van der Waals surface area contributed by atoms with E-state index in [0.717, 1.165) is 17.2 Å². The smallest absolute Gasteiger partial charge is 0.0417 e. The molecule has 2 rings (SSSR count). The number of benzene rings is 2. The van der Waals surface area contributed by atoms with Gasteiger partial charge in [-0.2, -0.15) is 0 Å². The second kappa shape index (κ2) is 7.59. The lowest BCUT2D eigenvalue weighted by Gasteiger charge is -2.16. The predicted molar refractivity (Wildman–Crippen MR) is 85.2 cm³/mol. The van der Waals surface area contributed by atoms with E-state index in [1.165, 1.54) is 10.5 Å². The Morgan fingerprint density at radius 3 is 2.58 bits per heavy atom. The highest BCUT2D eigenvalue weighted by Crippen LogP contribution is 2.22. The van der Waals surface area contributed by atoms with Gasteiger partial charge in [-0.05, 0) is 37.2 Å². The van der Waals surface area contributed by atoms with Crippen molar-refractivity contribution in [1.82, 2.24) is 5.32 Å². The Balaban J connectivity index is 1.89. The van der Waals surface area contributed by atoms with Crippen LogP contribution in [0.1, 0.15) is 5.56 Å². The third kappa shape index (κ3) is 4.90. The molecule has 0 heterocycles. The fourth-order valence-corrected chi connectivity index (χ4v) is 3.21. The Hall–Kier alpha value is -0.960. The first-order chi connectivity index (χ1) is 9.28. The van der Waals surface area contributed by atoms with Gasteiger partial charge in [-0.15, -0.1) is 11.8 Å². The summed E-state index contributed by atoms with van der Waals surface area (Å²) in [6, 6.07) is 19.1. The number of rotatable bonds is 6. The van der Waals surface area contributed by atoms with E-state index >= 15 is 0 Å². The standard InChI is InChI=1S/C16H18ClNS/c1-18-15(10-13-6-3-2-4-7-13)12-19-16-9-5-8-14(17)11-16/h2-9,11,15,18H,10,12H2,1H3. The third-order valence-electron chi connectivity index (χ3n) is 2.98. The second-order valence-electron chi connectivity index (χ2n) is 4.44. The summed E-state index contributed by atoms with van der Waals surface area (Å²) >= 11 is 7.83. The molecule has 0 aliphatic heterocycles. The first-order valence-electron chi connectivity index (χ1n) is 6.37. The fraction of sp³-hybridized carbons (Fsp3) is 0.250. The zero-order chi connectivity index (χ0) is 13.5. The summed E-state index contributed by atoms with van der Waals surface area (Å²) in [7, 11) is 2.02. The molecule has 0 aliphatic rings. The molecule has 0 aliphatic carbocycles. The van der Waals surface area contributed by atoms with Crippen LogP contribution >= 0.6 is 23.4 Å². The Labute approximate surface area is 124 Å². The number of halogens is 1. The molecule has 2 aromatic rings. The molecule has 1 atom stereocenters. The van der Waals surface area contributed by atoms with Gasteiger partial charge >= 0.3 is 0 Å². The van der Waals surface area contributed by atoms with Crippen molar-refractivity contribution in [1.29, 1.82) is 0 Å². The van der Waals surface area contributed by atoms with E-state index in [1.807, 2.05) is 37.0 Å². The lowest BCUT2D eigenvalue weighted by Crippen LogP contribution is -2.29. The van der Waals surface area contributed by atoms with E-state index in [1.54, 1.807) is 0 Å². The maximum absolute atomic E-state index is 5.99. The minimum absolute atomic E-state index is 0.464. The number of hydrogen-bond acceptors (Lipinski definition) is 2. The topological polar surface area (TPSA) is 12.0 Å². The molecule has 0 aromatic heterocycles. The quantitative estimate of drug-likeness (QED) is 0.798. The lowest BCUT2D eigenvalue weighted by atomic mass is 10.1. The van der Waals surface area contributed by atoms with E-state index < -0.39 is 0 Å². The predicted octanol–water partition coefficient (Wildman–Crippen LogP) is 4.26. The third-order valence-corrected chi connectivity index (χ3v) is 4.37. The molecule has 100 valence electrons. The highest BCUT2D eigenvalue weighted by molar-refractivity contribution is 7.99. The Kier molecular flexibility index (Phi) is 5.77. The van der Waals surface area contributed by atoms with E-state index in [4.69, 9.17) is 11.6 Å². The van der Waals surface area contributed by atoms with Crippen molar-refractivity contribution in [2.45, 2.75) is 17.4 Å². The van der Waals surface area contributed by atoms with Gasteiger partial charge in [0.2, 0.25) is 0 Å². The molecule has 1 unspecified atom stereocenters. The average Bonchev–Trinajstić information content (AvgIpc) is 2.44. The van der Waals surface area contributed by atoms with Crippen LogP contribution in [0.2, 0.25) is 5.02 Å². The van der Waals surface area contributed by atoms with Gasteiger partial charge < -0.3 is 5.32 Å². The van der Waals surface area contributed by atoms with Crippen LogP contribution in [0.4, 0.5) is 0 Å². The monoisotopic (exact) mass is 291 g/mol. The highest BCUT2D eigenvalue weighted by Gasteiger charge is 2.08. The number of hydrogen-bond donors (Lipinski definition) is 1. The zero-order valence-corrected chi connectivity index (χ0v) is 12.5. The van der Waals surface area contributed by atoms with Gasteiger partial charge in [-0.25, -0.2) is 0 Å². The molecule has 0 saturated carbocycles. The SMILES string of the molecule is CNC(CSc1cccc(Cl)c1)Cc1ccccc1. The lowest BCUT2D eigenvalue weighted by molar-refractivity contribution is 0.617. The molecule has 1 nitrogen and oxygen atoms in total. The van der Waals surface area contributed by atoms with Gasteiger partial charge in [0.1, 0.15) is 0 Å². The molecule has 0 amide bonds. The Morgan fingerprint density at radius 1 is 1.11 bits per heavy atom. The normalized spacial score (nSPS) is 12.3. The number of likely N-dealkylation sites (N-methyl/N-ethyl adjacent to an activating group) is 1. The van der Waals surface area contributed by atoms with Crippen LogP contribution in [0, 0.1) is 0 Å². The molecule has 0 saturated heterocycles. The van der Waals surface area contributed by atoms with Crippen molar-refractivity contribution in [3.05, 3.63) is 65.2 Å². The van der Waals surface area contributed by atoms with Crippen molar-refractivity contribution in [3.8, 4) is 0 Å². The van der Waals surface area contributed by atoms with Gasteiger partial charge in [0.15, 0.2) is 0 Å². The van der Waals surface area contributed by atoms with E-state index in [2.05, 4.69) is 41.7 Å². The van der Waals surface area contributed by atoms with Crippen LogP contribution in [0.5, 0.6) is 0 Å². The summed E-state index contributed by atoms with van der Waals surface area (Å²) in [6.45, 7) is 0. The van der Waals surface area contributed by atoms with Gasteiger partial charge in [0.05, 0.1) is 0 Å². The molecule has 0 fully saturated rings. The van der Waals surface area contributed by atoms with E-state index in [9.17, 15) is 0 Å². The van der Waals surface area contributed by atoms with Crippen LogP contribution in [0.15, 0.2) is 59.5 Å². The van der Waals surface area contributed by atoms with Crippen molar-refractivity contribution in [3.63, 3.8) is 0 Å². The average molecular weight is 292 g/mol. The number of thioether (sulfide) groups is 1. The van der Waals surface area contributed by atoms with E-state index in [0.29, 0.717) is 6.04 Å². The largest absolute Gasteiger partial charge is 0.316 e. The van der Waals surface area contributed by atoms with Crippen LogP contribution < -0.4 is 5.32 Å². The molecule has 1 N–H and O–H groups in total. The second-order valence-corrected chi connectivity index (χ2v) is 5.97. The summed E-state index contributed by atoms with van der Waals surface area (Å²) in [5.74, 6) is 1.03. The van der Waals surface area contributed by atoms with Crippen LogP contribution in [0.3, 0.4) is 0 Å². The van der Waals surface area contributed by atoms with Crippen LogP contribution in [-0.4, -0.2) is 18.8 Å². The maximum Gasteiger partial charge on any atom is 0.0417 e. The molecule has 0 spiro atoms. The maximum atomic E-state index is 5.99. The molecule has 3 heteroatoms. The highest BCUT2D eigenvalue weighted by atomic mass is 35.5. The first-order valence-corrected chi connectivity index (χ1v) is 7.74. The summed E-state index contributed by atoms with van der Waals surface area (Å²) < 4.78 is 0. The molecule has 2 aromatic carbocycles. The zero-order valence-electron chi connectivity index (χ0n) is 11.0. The summed E-state index contributed by atoms with van der Waals surface area (Å²) in [6.07, 6.45) is 1.05. The number of nitrogens with one attached hydrogen (secondary N) is 1. The van der Waals surface area contributed by atoms with Gasteiger partial charge in [-0.3, -0.25) is 0 Å². The summed E-state index contributed by atoms with van der Waals surface area (Å²) in [5.41, 5.74) is 1.37. The summed E-state index contributed by atoms with van der Waals surface area (Å²) in [4.78, 5) is 1.22. The fourth-order valence-electron chi connectivity index (χ4n) is 1.90. The van der Waals surface area contributed by atoms with Crippen molar-refractivity contribution in [2.75, 3.05) is 12.8 Å². The molecular formula is C16H18ClNS. The molecular weight excluding hydrogens is 274 g/mol. The van der Waals surface area contributed by atoms with Crippen LogP contribution in [0.25, 0.3) is 0 Å². The van der Waals surface area contributed by atoms with Crippen molar-refractivity contribution in [2.24, 2.45) is 0 Å². The summed E-state index contributed by atoms with van der Waals surface area (Å²) in [5, 5.41) is 4.18. The van der Waals surface area contributed by atoms with Gasteiger partial charge in [0, 0.05) is 21.7 Å². The van der Waals surface area contributed by atoms with Crippen molar-refractivity contribution < 1.29 is 0 Å². The molecule has 19 heavy (non-hydrogen) atoms. The van der Waals surface area contributed by atoms with Gasteiger partial charge in [0.25, 0.3) is 0 Å². The Bertz CT molecular complexity index is 501.